The summed E-state index contributed by atoms with van der Waals surface area (Å²) < 4.78 is 55.0. The summed E-state index contributed by atoms with van der Waals surface area (Å²) in [6, 6.07) is 5.15. The van der Waals surface area contributed by atoms with Crippen LogP contribution < -0.4 is 4.74 Å². The molecule has 0 spiro atoms. The highest BCUT2D eigenvalue weighted by molar-refractivity contribution is 5.30. The van der Waals surface area contributed by atoms with Crippen LogP contribution in [0.1, 0.15) is 86.2 Å². The van der Waals surface area contributed by atoms with E-state index in [2.05, 4.69) is 45.7 Å². The second kappa shape index (κ2) is 10.1. The van der Waals surface area contributed by atoms with Gasteiger partial charge in [0, 0.05) is 18.5 Å². The lowest BCUT2D eigenvalue weighted by Crippen LogP contribution is -2.60. The molecule has 3 aromatic rings. The molecule has 7 rings (SSSR count). The van der Waals surface area contributed by atoms with Crippen LogP contribution in [0.2, 0.25) is 0 Å². The number of nitrogens with zero attached hydrogens (tertiary/aromatic N) is 7. The predicted molar refractivity (Wildman–Crippen MR) is 140 cm³/mol. The summed E-state index contributed by atoms with van der Waals surface area (Å²) in [6.45, 7) is 0.782. The highest BCUT2D eigenvalue weighted by Crippen LogP contribution is 2.50. The zero-order valence-corrected chi connectivity index (χ0v) is 23.2. The number of rotatable bonds is 7. The smallest absolute Gasteiger partial charge is 0.416 e. The van der Waals surface area contributed by atoms with Crippen molar-refractivity contribution >= 4 is 0 Å². The lowest BCUT2D eigenvalue weighted by molar-refractivity contribution is -0.193. The van der Waals surface area contributed by atoms with Crippen LogP contribution in [0, 0.1) is 0 Å². The van der Waals surface area contributed by atoms with Gasteiger partial charge in [0.05, 0.1) is 24.4 Å². The van der Waals surface area contributed by atoms with Crippen molar-refractivity contribution in [3.05, 3.63) is 53.4 Å². The van der Waals surface area contributed by atoms with E-state index in [4.69, 9.17) is 9.47 Å². The molecule has 9 nitrogen and oxygen atoms in total. The molecular weight excluding hydrogens is 523 g/mol. The fourth-order valence-electron chi connectivity index (χ4n) is 6.62. The Bertz CT molecular complexity index is 1320. The normalized spacial score (nSPS) is 28.8. The largest absolute Gasteiger partial charge is 0.486 e. The number of hydrogen-bond donors (Lipinski definition) is 0. The Labute approximate surface area is 231 Å². The summed E-state index contributed by atoms with van der Waals surface area (Å²) in [5.74, 6) is 1.85. The van der Waals surface area contributed by atoms with E-state index in [-0.39, 0.29) is 35.5 Å². The number of alkyl halides is 3. The molecule has 4 heterocycles. The SMILES string of the molecule is CN(C)C12CCC(c3cn(C4CCC(c5nnc(COc6cccc(C(F)(F)F)c6)n5C)CC4)nn3)(CC1)OC2. The van der Waals surface area contributed by atoms with Crippen molar-refractivity contribution in [2.24, 2.45) is 7.05 Å². The van der Waals surface area contributed by atoms with Gasteiger partial charge in [0.15, 0.2) is 5.82 Å². The number of ether oxygens (including phenoxy) is 2. The molecule has 216 valence electrons. The lowest BCUT2D eigenvalue weighted by atomic mass is 9.69. The maximum Gasteiger partial charge on any atom is 0.416 e. The molecular formula is C28H36F3N7O2. The quantitative estimate of drug-likeness (QED) is 0.403. The van der Waals surface area contributed by atoms with Gasteiger partial charge in [-0.15, -0.1) is 15.3 Å². The fraction of sp³-hybridized carbons (Fsp3) is 0.643. The number of likely N-dealkylation sites (N-methyl/N-ethyl adjacent to an activating group) is 1. The topological polar surface area (TPSA) is 83.1 Å². The van der Waals surface area contributed by atoms with Crippen LogP contribution in [0.4, 0.5) is 13.2 Å². The molecule has 2 aliphatic heterocycles. The fourth-order valence-corrected chi connectivity index (χ4v) is 6.62. The van der Waals surface area contributed by atoms with Gasteiger partial charge in [0.1, 0.15) is 29.5 Å². The number of halogens is 3. The van der Waals surface area contributed by atoms with Crippen LogP contribution in [0.15, 0.2) is 30.5 Å². The van der Waals surface area contributed by atoms with E-state index in [0.717, 1.165) is 81.6 Å². The van der Waals surface area contributed by atoms with Crippen molar-refractivity contribution in [3.8, 4) is 5.75 Å². The van der Waals surface area contributed by atoms with Crippen molar-refractivity contribution in [3.63, 3.8) is 0 Å². The van der Waals surface area contributed by atoms with Gasteiger partial charge in [-0.25, -0.2) is 4.68 Å². The third-order valence-electron chi connectivity index (χ3n) is 9.50. The second-order valence-electron chi connectivity index (χ2n) is 11.8. The second-order valence-corrected chi connectivity index (χ2v) is 11.8. The van der Waals surface area contributed by atoms with Gasteiger partial charge in [-0.2, -0.15) is 13.2 Å². The van der Waals surface area contributed by atoms with Gasteiger partial charge in [-0.3, -0.25) is 0 Å². The van der Waals surface area contributed by atoms with Gasteiger partial charge in [0.2, 0.25) is 0 Å². The molecule has 40 heavy (non-hydrogen) atoms. The Morgan fingerprint density at radius 3 is 2.45 bits per heavy atom. The maximum absolute atomic E-state index is 13.0. The number of fused-ring (bicyclic) bond motifs is 3. The van der Waals surface area contributed by atoms with Crippen molar-refractivity contribution < 1.29 is 22.6 Å². The Morgan fingerprint density at radius 2 is 1.80 bits per heavy atom. The van der Waals surface area contributed by atoms with Gasteiger partial charge < -0.3 is 18.9 Å². The molecule has 0 atom stereocenters. The monoisotopic (exact) mass is 559 g/mol. The van der Waals surface area contributed by atoms with Crippen LogP contribution in [0.3, 0.4) is 0 Å². The van der Waals surface area contributed by atoms with E-state index in [1.807, 2.05) is 16.3 Å². The van der Waals surface area contributed by atoms with E-state index in [1.54, 1.807) is 0 Å². The molecule has 2 saturated heterocycles. The van der Waals surface area contributed by atoms with Crippen LogP contribution in [0.5, 0.6) is 5.75 Å². The van der Waals surface area contributed by atoms with E-state index < -0.39 is 11.7 Å². The van der Waals surface area contributed by atoms with Gasteiger partial charge in [-0.1, -0.05) is 11.3 Å². The molecule has 2 aromatic heterocycles. The van der Waals surface area contributed by atoms with E-state index in [0.29, 0.717) is 5.82 Å². The minimum atomic E-state index is -4.41. The summed E-state index contributed by atoms with van der Waals surface area (Å²) >= 11 is 0. The first-order chi connectivity index (χ1) is 19.1. The first-order valence-electron chi connectivity index (χ1n) is 14.0. The Balaban J connectivity index is 1.05. The molecule has 2 aliphatic carbocycles. The van der Waals surface area contributed by atoms with E-state index >= 15 is 0 Å². The summed E-state index contributed by atoms with van der Waals surface area (Å²) in [5, 5.41) is 17.8. The summed E-state index contributed by atoms with van der Waals surface area (Å²) in [5.41, 5.74) is 0.0646. The molecule has 0 amide bonds. The molecule has 12 heteroatoms. The number of benzene rings is 1. The van der Waals surface area contributed by atoms with Crippen LogP contribution in [-0.2, 0) is 30.2 Å². The molecule has 2 saturated carbocycles. The van der Waals surface area contributed by atoms with Gasteiger partial charge >= 0.3 is 6.18 Å². The highest BCUT2D eigenvalue weighted by atomic mass is 19.4. The van der Waals surface area contributed by atoms with Crippen molar-refractivity contribution in [2.75, 3.05) is 20.7 Å². The van der Waals surface area contributed by atoms with E-state index in [1.165, 1.54) is 12.1 Å². The Kier molecular flexibility index (Phi) is 6.89. The zero-order chi connectivity index (χ0) is 28.1. The lowest BCUT2D eigenvalue weighted by Gasteiger charge is -2.55. The van der Waals surface area contributed by atoms with Crippen molar-refractivity contribution in [1.29, 1.82) is 0 Å². The predicted octanol–water partition coefficient (Wildman–Crippen LogP) is 5.00. The average molecular weight is 560 g/mol. The number of aromatic nitrogens is 6. The molecule has 0 radical (unpaired) electrons. The molecule has 0 N–H and O–H groups in total. The average Bonchev–Trinajstić information content (AvgIpc) is 3.60. The Hall–Kier alpha value is -2.99. The van der Waals surface area contributed by atoms with Gasteiger partial charge in [0.25, 0.3) is 0 Å². The van der Waals surface area contributed by atoms with Crippen molar-refractivity contribution in [1.82, 2.24) is 34.7 Å². The molecule has 4 aliphatic rings. The minimum absolute atomic E-state index is 0.0430. The summed E-state index contributed by atoms with van der Waals surface area (Å²) in [7, 11) is 6.17. The highest BCUT2D eigenvalue weighted by Gasteiger charge is 2.53. The molecule has 4 fully saturated rings. The van der Waals surface area contributed by atoms with Crippen LogP contribution in [-0.4, -0.2) is 60.9 Å². The minimum Gasteiger partial charge on any atom is -0.486 e. The Morgan fingerprint density at radius 1 is 1.05 bits per heavy atom. The number of hydrogen-bond acceptors (Lipinski definition) is 7. The summed E-state index contributed by atoms with van der Waals surface area (Å²) in [4.78, 5) is 2.31. The third kappa shape index (κ3) is 4.89. The zero-order valence-electron chi connectivity index (χ0n) is 23.2. The molecule has 1 aromatic carbocycles. The molecule has 0 unspecified atom stereocenters. The van der Waals surface area contributed by atoms with Gasteiger partial charge in [-0.05, 0) is 83.7 Å². The first-order valence-corrected chi connectivity index (χ1v) is 14.0. The van der Waals surface area contributed by atoms with E-state index in [9.17, 15) is 13.2 Å². The maximum atomic E-state index is 13.0. The van der Waals surface area contributed by atoms with Crippen LogP contribution in [0.25, 0.3) is 0 Å². The third-order valence-corrected chi connectivity index (χ3v) is 9.50. The van der Waals surface area contributed by atoms with Crippen LogP contribution >= 0.6 is 0 Å². The molecule has 2 bridgehead atoms. The first kappa shape index (κ1) is 27.2. The standard InChI is InChI=1S/C28H36F3N7O2/c1-36(2)26-11-13-27(14-12-26,40-18-26)23-16-38(35-32-23)21-9-7-19(8-10-21)25-34-33-24(37(25)3)17-39-22-6-4-5-20(15-22)28(29,30)31/h4-6,15-16,19,21H,7-14,17-18H2,1-3H3. The van der Waals surface area contributed by atoms with Crippen molar-refractivity contribution in [2.45, 2.75) is 87.2 Å². The summed E-state index contributed by atoms with van der Waals surface area (Å²) in [6.07, 6.45) is 5.64.